The zero-order valence-electron chi connectivity index (χ0n) is 30.9. The van der Waals surface area contributed by atoms with Crippen molar-refractivity contribution in [1.82, 2.24) is 4.98 Å². The fourth-order valence-electron chi connectivity index (χ4n) is 4.99. The summed E-state index contributed by atoms with van der Waals surface area (Å²) >= 11 is 23.9. The van der Waals surface area contributed by atoms with E-state index in [0.29, 0.717) is 12.1 Å². The number of carbonyl (C=O) groups is 2. The number of benzene rings is 5. The lowest BCUT2D eigenvalue weighted by Crippen LogP contribution is -2.22. The highest BCUT2D eigenvalue weighted by Gasteiger charge is 2.32. The molecule has 62 heavy (non-hydrogen) atoms. The minimum Gasteiger partial charge on any atom is -0.306 e. The van der Waals surface area contributed by atoms with Gasteiger partial charge in [-0.25, -0.2) is 26.4 Å². The molecule has 320 valence electrons. The molecule has 0 aliphatic carbocycles. The van der Waals surface area contributed by atoms with E-state index in [4.69, 9.17) is 51.7 Å². The first-order valence-corrected chi connectivity index (χ1v) is 21.6. The van der Waals surface area contributed by atoms with Crippen LogP contribution >= 0.6 is 46.4 Å². The Bertz CT molecular complexity index is 2900. The fraction of sp³-hybridized carbons (Fsp3) is 0.0256. The summed E-state index contributed by atoms with van der Waals surface area (Å²) < 4.78 is 94.5. The number of anilines is 6. The second kappa shape index (κ2) is 20.1. The van der Waals surface area contributed by atoms with Crippen molar-refractivity contribution in [3.63, 3.8) is 0 Å². The average Bonchev–Trinajstić information content (AvgIpc) is 3.23. The van der Waals surface area contributed by atoms with Crippen LogP contribution in [0.25, 0.3) is 0 Å². The molecule has 0 unspecified atom stereocenters. The number of amides is 4. The molecule has 6 aromatic rings. The van der Waals surface area contributed by atoms with Crippen molar-refractivity contribution in [3.05, 3.63) is 159 Å². The summed E-state index contributed by atoms with van der Waals surface area (Å²) in [5, 5.41) is 19.6. The van der Waals surface area contributed by atoms with Gasteiger partial charge in [-0.05, 0) is 84.9 Å². The lowest BCUT2D eigenvalue weighted by atomic mass is 10.1. The number of rotatable bonds is 10. The van der Waals surface area contributed by atoms with Gasteiger partial charge in [0, 0.05) is 12.4 Å². The van der Waals surface area contributed by atoms with Gasteiger partial charge >= 0.3 is 18.2 Å². The number of pyridine rings is 1. The molecule has 0 fully saturated rings. The largest absolute Gasteiger partial charge is 0.416 e. The van der Waals surface area contributed by atoms with Gasteiger partial charge < -0.3 is 21.3 Å². The van der Waals surface area contributed by atoms with Crippen molar-refractivity contribution in [2.45, 2.75) is 16.0 Å². The highest BCUT2D eigenvalue weighted by molar-refractivity contribution is 7.93. The average molecular weight is 967 g/mol. The third-order valence-electron chi connectivity index (χ3n) is 7.88. The second-order valence-electron chi connectivity index (χ2n) is 12.2. The van der Waals surface area contributed by atoms with Crippen molar-refractivity contribution in [2.24, 2.45) is 0 Å². The van der Waals surface area contributed by atoms with Gasteiger partial charge in [-0.1, -0.05) is 76.7 Å². The van der Waals surface area contributed by atoms with Crippen LogP contribution in [0.1, 0.15) is 11.1 Å². The molecular formula is C39H27Cl4F3N8O6S2. The van der Waals surface area contributed by atoms with Crippen LogP contribution in [0.5, 0.6) is 0 Å². The third-order valence-corrected chi connectivity index (χ3v) is 12.2. The van der Waals surface area contributed by atoms with E-state index in [0.717, 1.165) is 6.07 Å². The Hall–Kier alpha value is -6.27. The summed E-state index contributed by atoms with van der Waals surface area (Å²) in [6.07, 6.45) is -2.12. The molecule has 6 N–H and O–H groups in total. The van der Waals surface area contributed by atoms with Gasteiger partial charge in [0.15, 0.2) is 0 Å². The Morgan fingerprint density at radius 1 is 0.565 bits per heavy atom. The van der Waals surface area contributed by atoms with E-state index in [-0.39, 0.29) is 63.9 Å². The molecule has 1 heterocycles. The van der Waals surface area contributed by atoms with Gasteiger partial charge in [0.2, 0.25) is 0 Å². The van der Waals surface area contributed by atoms with E-state index < -0.39 is 49.5 Å². The van der Waals surface area contributed by atoms with Crippen LogP contribution in [0, 0.1) is 11.3 Å². The Kier molecular flexibility index (Phi) is 15.1. The molecule has 0 bridgehead atoms. The quantitative estimate of drug-likeness (QED) is 0.0776. The van der Waals surface area contributed by atoms with Gasteiger partial charge in [0.05, 0.1) is 76.3 Å². The predicted octanol–water partition coefficient (Wildman–Crippen LogP) is 11.2. The molecule has 0 atom stereocenters. The zero-order valence-corrected chi connectivity index (χ0v) is 35.6. The molecule has 23 heteroatoms. The summed E-state index contributed by atoms with van der Waals surface area (Å²) in [5.74, 6) is 0. The van der Waals surface area contributed by atoms with Gasteiger partial charge in [-0.15, -0.1) is 0 Å². The minimum absolute atomic E-state index is 0.00486. The second-order valence-corrected chi connectivity index (χ2v) is 17.1. The molecule has 0 radical (unpaired) electrons. The number of urea groups is 2. The highest BCUT2D eigenvalue weighted by atomic mass is 35.5. The van der Waals surface area contributed by atoms with Crippen LogP contribution in [-0.2, 0) is 26.2 Å². The van der Waals surface area contributed by atoms with Crippen molar-refractivity contribution in [1.29, 1.82) is 5.26 Å². The molecule has 0 spiro atoms. The van der Waals surface area contributed by atoms with E-state index in [1.807, 2.05) is 6.07 Å². The van der Waals surface area contributed by atoms with Gasteiger partial charge in [-0.3, -0.25) is 14.4 Å². The normalized spacial score (nSPS) is 11.2. The number of halogens is 7. The number of nitrogens with zero attached hydrogens (tertiary/aromatic N) is 2. The first-order valence-electron chi connectivity index (χ1n) is 17.1. The summed E-state index contributed by atoms with van der Waals surface area (Å²) in [6, 6.07) is 25.8. The van der Waals surface area contributed by atoms with Gasteiger partial charge in [0.1, 0.15) is 4.90 Å². The third kappa shape index (κ3) is 12.4. The first-order chi connectivity index (χ1) is 29.3. The maximum Gasteiger partial charge on any atom is 0.416 e. The smallest absolute Gasteiger partial charge is 0.306 e. The first kappa shape index (κ1) is 46.8. The highest BCUT2D eigenvalue weighted by Crippen LogP contribution is 2.36. The summed E-state index contributed by atoms with van der Waals surface area (Å²) in [6.45, 7) is 0. The van der Waals surface area contributed by atoms with E-state index in [9.17, 15) is 39.6 Å². The Labute approximate surface area is 372 Å². The number of hydrogen-bond donors (Lipinski definition) is 6. The van der Waals surface area contributed by atoms with E-state index in [1.54, 1.807) is 24.3 Å². The molecular weight excluding hydrogens is 939 g/mol. The number of sulfonamides is 2. The fourth-order valence-corrected chi connectivity index (χ4v) is 7.81. The van der Waals surface area contributed by atoms with Crippen molar-refractivity contribution < 1.29 is 39.6 Å². The summed E-state index contributed by atoms with van der Waals surface area (Å²) in [7, 11) is -8.23. The van der Waals surface area contributed by atoms with Crippen molar-refractivity contribution >= 4 is 113 Å². The minimum atomic E-state index is -4.73. The number of nitrogens with one attached hydrogen (secondary N) is 6. The molecule has 6 rings (SSSR count). The van der Waals surface area contributed by atoms with E-state index >= 15 is 0 Å². The molecule has 1 aromatic heterocycles. The molecule has 4 amide bonds. The lowest BCUT2D eigenvalue weighted by molar-refractivity contribution is -0.137. The number of alkyl halides is 3. The maximum atomic E-state index is 13.2. The van der Waals surface area contributed by atoms with Crippen LogP contribution in [0.2, 0.25) is 20.1 Å². The monoisotopic (exact) mass is 964 g/mol. The van der Waals surface area contributed by atoms with Crippen LogP contribution in [0.4, 0.5) is 56.9 Å². The predicted molar refractivity (Wildman–Crippen MR) is 233 cm³/mol. The van der Waals surface area contributed by atoms with Crippen molar-refractivity contribution in [3.8, 4) is 6.07 Å². The van der Waals surface area contributed by atoms with Crippen LogP contribution in [-0.4, -0.2) is 33.9 Å². The van der Waals surface area contributed by atoms with Crippen LogP contribution < -0.4 is 30.7 Å². The van der Waals surface area contributed by atoms with Crippen LogP contribution in [0.3, 0.4) is 0 Å². The Balaban J connectivity index is 0.000000235. The van der Waals surface area contributed by atoms with E-state index in [1.165, 1.54) is 85.2 Å². The van der Waals surface area contributed by atoms with Gasteiger partial charge in [0.25, 0.3) is 20.0 Å². The molecule has 0 aliphatic rings. The van der Waals surface area contributed by atoms with Crippen molar-refractivity contribution in [2.75, 3.05) is 30.7 Å². The topological polar surface area (TPSA) is 211 Å². The van der Waals surface area contributed by atoms with E-state index in [2.05, 4.69) is 35.7 Å². The molecule has 0 aliphatic heterocycles. The summed E-state index contributed by atoms with van der Waals surface area (Å²) in [5.41, 5.74) is -1.05. The number of aromatic nitrogens is 1. The molecule has 5 aromatic carbocycles. The number of carbonyl (C=O) groups excluding carboxylic acids is 2. The number of nitriles is 1. The molecule has 0 saturated carbocycles. The Morgan fingerprint density at radius 3 is 1.55 bits per heavy atom. The molecule has 0 saturated heterocycles. The standard InChI is InChI=1S/C20H14Cl2F3N3O3S.C19H13Cl2N5O3S/c21-14-7-4-8-16(18(14)22)27-19(29)26-15-10-9-12(20(23,24)25)11-17(15)28-32(30,31)13-5-2-1-3-6-13;20-14-4-1-5-16(18(14)21)25-19(27)24-15-7-6-12(10-22)9-17(15)26-30(28,29)13-3-2-8-23-11-13/h1-11,28H,(H2,26,27,29);1-9,11,26H,(H2,24,25,27). The zero-order chi connectivity index (χ0) is 45.2. The number of hydrogen-bond acceptors (Lipinski definition) is 8. The van der Waals surface area contributed by atoms with Crippen LogP contribution in [0.15, 0.2) is 137 Å². The lowest BCUT2D eigenvalue weighted by Gasteiger charge is -2.17. The SMILES string of the molecule is N#Cc1ccc(NC(=O)Nc2cccc(Cl)c2Cl)c(NS(=O)(=O)c2cccnc2)c1.O=C(Nc1ccc(C(F)(F)F)cc1NS(=O)(=O)c1ccccc1)Nc1cccc(Cl)c1Cl. The Morgan fingerprint density at radius 2 is 1.05 bits per heavy atom. The maximum absolute atomic E-state index is 13.2. The summed E-state index contributed by atoms with van der Waals surface area (Å²) in [4.78, 5) is 28.3. The molecule has 14 nitrogen and oxygen atoms in total. The van der Waals surface area contributed by atoms with Gasteiger partial charge in [-0.2, -0.15) is 18.4 Å².